The highest BCUT2D eigenvalue weighted by molar-refractivity contribution is 5.63. The average molecular weight is 272 g/mol. The second-order valence-corrected chi connectivity index (χ2v) is 4.88. The zero-order chi connectivity index (χ0) is 14.5. The highest BCUT2D eigenvalue weighted by Gasteiger charge is 2.09. The van der Waals surface area contributed by atoms with Gasteiger partial charge in [0.2, 0.25) is 0 Å². The van der Waals surface area contributed by atoms with Gasteiger partial charge >= 0.3 is 0 Å². The van der Waals surface area contributed by atoms with Crippen LogP contribution < -0.4 is 10.2 Å². The summed E-state index contributed by atoms with van der Waals surface area (Å²) in [4.78, 5) is 1.86. The smallest absolute Gasteiger partial charge is 0.146 e. The summed E-state index contributed by atoms with van der Waals surface area (Å²) in [5.41, 5.74) is 2.79. The zero-order valence-corrected chi connectivity index (χ0v) is 12.2. The lowest BCUT2D eigenvalue weighted by Crippen LogP contribution is -2.17. The normalized spacial score (nSPS) is 12.2. The Morgan fingerprint density at radius 3 is 2.35 bits per heavy atom. The Hall–Kier alpha value is -1.87. The first-order chi connectivity index (χ1) is 9.63. The summed E-state index contributed by atoms with van der Waals surface area (Å²) < 4.78 is 13.8. The first-order valence-electron chi connectivity index (χ1n) is 6.95. The van der Waals surface area contributed by atoms with E-state index in [4.69, 9.17) is 0 Å². The van der Waals surface area contributed by atoms with Crippen molar-refractivity contribution in [1.82, 2.24) is 5.32 Å². The number of benzene rings is 2. The molecule has 2 aromatic rings. The Morgan fingerprint density at radius 2 is 1.75 bits per heavy atom. The number of anilines is 2. The molecule has 0 aliphatic carbocycles. The molecule has 0 bridgehead atoms. The highest BCUT2D eigenvalue weighted by atomic mass is 19.1. The van der Waals surface area contributed by atoms with E-state index >= 15 is 0 Å². The zero-order valence-electron chi connectivity index (χ0n) is 12.2. The molecule has 0 amide bonds. The molecule has 3 heteroatoms. The molecule has 20 heavy (non-hydrogen) atoms. The standard InChI is InChI=1S/C17H21FN2/c1-4-19-13(2)14-9-11-15(12-10-14)20(3)17-8-6-5-7-16(17)18/h5-13,19H,4H2,1-3H3. The maximum atomic E-state index is 13.8. The van der Waals surface area contributed by atoms with Gasteiger partial charge in [0.15, 0.2) is 0 Å². The SMILES string of the molecule is CCNC(C)c1ccc(N(C)c2ccccc2F)cc1. The second-order valence-electron chi connectivity index (χ2n) is 4.88. The number of nitrogens with one attached hydrogen (secondary N) is 1. The van der Waals surface area contributed by atoms with Crippen LogP contribution in [-0.4, -0.2) is 13.6 Å². The Morgan fingerprint density at radius 1 is 1.10 bits per heavy atom. The van der Waals surface area contributed by atoms with E-state index in [-0.39, 0.29) is 5.82 Å². The molecule has 2 rings (SSSR count). The summed E-state index contributed by atoms with van der Waals surface area (Å²) in [5.74, 6) is -0.208. The molecule has 2 aromatic carbocycles. The molecule has 1 N–H and O–H groups in total. The van der Waals surface area contributed by atoms with E-state index in [0.29, 0.717) is 11.7 Å². The monoisotopic (exact) mass is 272 g/mol. The van der Waals surface area contributed by atoms with Crippen molar-refractivity contribution >= 4 is 11.4 Å². The van der Waals surface area contributed by atoms with Gasteiger partial charge in [-0.3, -0.25) is 0 Å². The van der Waals surface area contributed by atoms with Crippen molar-refractivity contribution in [2.45, 2.75) is 19.9 Å². The third-order valence-electron chi connectivity index (χ3n) is 3.50. The maximum Gasteiger partial charge on any atom is 0.146 e. The Labute approximate surface area is 120 Å². The molecule has 0 aromatic heterocycles. The minimum atomic E-state index is -0.208. The van der Waals surface area contributed by atoms with Gasteiger partial charge in [-0.2, -0.15) is 0 Å². The number of rotatable bonds is 5. The van der Waals surface area contributed by atoms with Crippen molar-refractivity contribution in [3.05, 3.63) is 59.9 Å². The van der Waals surface area contributed by atoms with Crippen LogP contribution in [0, 0.1) is 5.82 Å². The van der Waals surface area contributed by atoms with Crippen molar-refractivity contribution < 1.29 is 4.39 Å². The van der Waals surface area contributed by atoms with Crippen LogP contribution in [0.4, 0.5) is 15.8 Å². The molecular weight excluding hydrogens is 251 g/mol. The molecule has 0 radical (unpaired) electrons. The molecule has 1 unspecified atom stereocenters. The van der Waals surface area contributed by atoms with E-state index in [1.165, 1.54) is 11.6 Å². The minimum Gasteiger partial charge on any atom is -0.342 e. The first kappa shape index (κ1) is 14.5. The molecule has 0 heterocycles. The van der Waals surface area contributed by atoms with Crippen LogP contribution in [0.5, 0.6) is 0 Å². The lowest BCUT2D eigenvalue weighted by atomic mass is 10.1. The van der Waals surface area contributed by atoms with Gasteiger partial charge in [0.1, 0.15) is 5.82 Å². The predicted octanol–water partition coefficient (Wildman–Crippen LogP) is 4.26. The Bertz CT molecular complexity index is 551. The third kappa shape index (κ3) is 3.17. The summed E-state index contributed by atoms with van der Waals surface area (Å²) in [5, 5.41) is 3.38. The summed E-state index contributed by atoms with van der Waals surface area (Å²) in [7, 11) is 1.88. The van der Waals surface area contributed by atoms with E-state index in [1.54, 1.807) is 12.1 Å². The summed E-state index contributed by atoms with van der Waals surface area (Å²) in [6, 6.07) is 15.3. The van der Waals surface area contributed by atoms with Crippen LogP contribution >= 0.6 is 0 Å². The van der Waals surface area contributed by atoms with Gasteiger partial charge in [0.05, 0.1) is 5.69 Å². The van der Waals surface area contributed by atoms with E-state index < -0.39 is 0 Å². The molecule has 2 nitrogen and oxygen atoms in total. The summed E-state index contributed by atoms with van der Waals surface area (Å²) in [6.07, 6.45) is 0. The van der Waals surface area contributed by atoms with Crippen LogP contribution in [0.1, 0.15) is 25.5 Å². The molecule has 0 saturated carbocycles. The molecule has 0 aliphatic rings. The fraction of sp³-hybridized carbons (Fsp3) is 0.294. The van der Waals surface area contributed by atoms with Gasteiger partial charge in [0.25, 0.3) is 0 Å². The number of halogens is 1. The highest BCUT2D eigenvalue weighted by Crippen LogP contribution is 2.27. The molecule has 0 fully saturated rings. The molecule has 106 valence electrons. The van der Waals surface area contributed by atoms with Crippen molar-refractivity contribution in [3.8, 4) is 0 Å². The van der Waals surface area contributed by atoms with Crippen LogP contribution in [0.15, 0.2) is 48.5 Å². The number of nitrogens with zero attached hydrogens (tertiary/aromatic N) is 1. The van der Waals surface area contributed by atoms with Gasteiger partial charge < -0.3 is 10.2 Å². The molecule has 0 spiro atoms. The second kappa shape index (κ2) is 6.53. The molecule has 1 atom stereocenters. The van der Waals surface area contributed by atoms with E-state index in [0.717, 1.165) is 12.2 Å². The third-order valence-corrected chi connectivity index (χ3v) is 3.50. The van der Waals surface area contributed by atoms with Gasteiger partial charge in [-0.1, -0.05) is 31.2 Å². The fourth-order valence-electron chi connectivity index (χ4n) is 2.27. The Kier molecular flexibility index (Phi) is 4.74. The van der Waals surface area contributed by atoms with Crippen LogP contribution in [-0.2, 0) is 0 Å². The molecular formula is C17H21FN2. The van der Waals surface area contributed by atoms with Gasteiger partial charge in [0, 0.05) is 18.8 Å². The quantitative estimate of drug-likeness (QED) is 0.874. The van der Waals surface area contributed by atoms with Crippen LogP contribution in [0.25, 0.3) is 0 Å². The average Bonchev–Trinajstić information content (AvgIpc) is 2.47. The van der Waals surface area contributed by atoms with Crippen molar-refractivity contribution in [1.29, 1.82) is 0 Å². The predicted molar refractivity (Wildman–Crippen MR) is 83.0 cm³/mol. The van der Waals surface area contributed by atoms with Crippen molar-refractivity contribution in [2.24, 2.45) is 0 Å². The largest absolute Gasteiger partial charge is 0.342 e. The number of para-hydroxylation sites is 1. The first-order valence-corrected chi connectivity index (χ1v) is 6.95. The lowest BCUT2D eigenvalue weighted by molar-refractivity contribution is 0.598. The maximum absolute atomic E-state index is 13.8. The van der Waals surface area contributed by atoms with Crippen LogP contribution in [0.2, 0.25) is 0 Å². The van der Waals surface area contributed by atoms with Crippen molar-refractivity contribution in [3.63, 3.8) is 0 Å². The summed E-state index contributed by atoms with van der Waals surface area (Å²) in [6.45, 7) is 5.17. The molecule has 0 saturated heterocycles. The van der Waals surface area contributed by atoms with E-state index in [2.05, 4.69) is 31.3 Å². The van der Waals surface area contributed by atoms with Gasteiger partial charge in [-0.05, 0) is 43.3 Å². The number of hydrogen-bond donors (Lipinski definition) is 1. The minimum absolute atomic E-state index is 0.208. The van der Waals surface area contributed by atoms with Crippen LogP contribution in [0.3, 0.4) is 0 Å². The summed E-state index contributed by atoms with van der Waals surface area (Å²) >= 11 is 0. The fourth-order valence-corrected chi connectivity index (χ4v) is 2.27. The van der Waals surface area contributed by atoms with E-state index in [9.17, 15) is 4.39 Å². The van der Waals surface area contributed by atoms with Crippen molar-refractivity contribution in [2.75, 3.05) is 18.5 Å². The van der Waals surface area contributed by atoms with Gasteiger partial charge in [-0.25, -0.2) is 4.39 Å². The van der Waals surface area contributed by atoms with E-state index in [1.807, 2.05) is 30.1 Å². The Balaban J connectivity index is 2.20. The van der Waals surface area contributed by atoms with Gasteiger partial charge in [-0.15, -0.1) is 0 Å². The lowest BCUT2D eigenvalue weighted by Gasteiger charge is -2.21. The number of hydrogen-bond acceptors (Lipinski definition) is 2. The molecule has 0 aliphatic heterocycles. The topological polar surface area (TPSA) is 15.3 Å².